The van der Waals surface area contributed by atoms with Crippen molar-refractivity contribution in [2.24, 2.45) is 0 Å². The van der Waals surface area contributed by atoms with E-state index in [1.54, 1.807) is 0 Å². The first-order valence-corrected chi connectivity index (χ1v) is 5.90. The fourth-order valence-electron chi connectivity index (χ4n) is 1.88. The molecule has 2 rings (SSSR count). The maximum Gasteiger partial charge on any atom is 0.166 e. The molecule has 1 heterocycles. The Balaban J connectivity index is 2.16. The lowest BCUT2D eigenvalue weighted by Gasteiger charge is -2.08. The fraction of sp³-hybridized carbons (Fsp3) is 0.267. The van der Waals surface area contributed by atoms with Gasteiger partial charge in [-0.15, -0.1) is 0 Å². The zero-order valence-electron chi connectivity index (χ0n) is 10.3. The summed E-state index contributed by atoms with van der Waals surface area (Å²) in [4.78, 5) is 10.8. The van der Waals surface area contributed by atoms with E-state index in [0.29, 0.717) is 5.92 Å². The van der Waals surface area contributed by atoms with Crippen molar-refractivity contribution in [2.45, 2.75) is 26.3 Å². The van der Waals surface area contributed by atoms with E-state index in [1.165, 1.54) is 11.1 Å². The SMILES string of the molecule is CC(C)c1ccc(Cn2cccc2C=O)cc1. The largest absolute Gasteiger partial charge is 0.341 e. The van der Waals surface area contributed by atoms with Crippen LogP contribution in [-0.2, 0) is 6.54 Å². The summed E-state index contributed by atoms with van der Waals surface area (Å²) in [6.45, 7) is 5.12. The molecule has 0 spiro atoms. The zero-order chi connectivity index (χ0) is 12.3. The zero-order valence-corrected chi connectivity index (χ0v) is 10.3. The van der Waals surface area contributed by atoms with E-state index in [2.05, 4.69) is 38.1 Å². The summed E-state index contributed by atoms with van der Waals surface area (Å²) >= 11 is 0. The monoisotopic (exact) mass is 227 g/mol. The molecule has 0 atom stereocenters. The van der Waals surface area contributed by atoms with Crippen LogP contribution in [-0.4, -0.2) is 10.9 Å². The first-order chi connectivity index (χ1) is 8.20. The second kappa shape index (κ2) is 5.00. The summed E-state index contributed by atoms with van der Waals surface area (Å²) in [5.74, 6) is 0.557. The minimum Gasteiger partial charge on any atom is -0.341 e. The van der Waals surface area contributed by atoms with Gasteiger partial charge in [0.2, 0.25) is 0 Å². The Kier molecular flexibility index (Phi) is 3.43. The van der Waals surface area contributed by atoms with E-state index in [9.17, 15) is 4.79 Å². The number of aromatic nitrogens is 1. The minimum atomic E-state index is 0.557. The highest BCUT2D eigenvalue weighted by atomic mass is 16.1. The van der Waals surface area contributed by atoms with Gasteiger partial charge in [-0.1, -0.05) is 38.1 Å². The molecule has 1 aromatic heterocycles. The first kappa shape index (κ1) is 11.6. The van der Waals surface area contributed by atoms with Crippen LogP contribution in [0.2, 0.25) is 0 Å². The summed E-state index contributed by atoms with van der Waals surface area (Å²) in [5, 5.41) is 0. The second-order valence-electron chi connectivity index (χ2n) is 4.58. The smallest absolute Gasteiger partial charge is 0.166 e. The average Bonchev–Trinajstić information content (AvgIpc) is 2.77. The van der Waals surface area contributed by atoms with Gasteiger partial charge < -0.3 is 4.57 Å². The Hall–Kier alpha value is -1.83. The number of rotatable bonds is 4. The topological polar surface area (TPSA) is 22.0 Å². The average molecular weight is 227 g/mol. The van der Waals surface area contributed by atoms with Crippen LogP contribution in [0.5, 0.6) is 0 Å². The minimum absolute atomic E-state index is 0.557. The molecule has 0 bridgehead atoms. The number of hydrogen-bond donors (Lipinski definition) is 0. The van der Waals surface area contributed by atoms with E-state index in [1.807, 2.05) is 22.9 Å². The number of carbonyl (C=O) groups is 1. The molecule has 2 nitrogen and oxygen atoms in total. The number of aldehydes is 1. The molecule has 0 unspecified atom stereocenters. The van der Waals surface area contributed by atoms with Crippen LogP contribution in [0.15, 0.2) is 42.6 Å². The van der Waals surface area contributed by atoms with E-state index < -0.39 is 0 Å². The molecule has 0 saturated carbocycles. The van der Waals surface area contributed by atoms with Gasteiger partial charge in [-0.05, 0) is 29.2 Å². The second-order valence-corrected chi connectivity index (χ2v) is 4.58. The van der Waals surface area contributed by atoms with Crippen molar-refractivity contribution in [1.29, 1.82) is 0 Å². The number of hydrogen-bond acceptors (Lipinski definition) is 1. The summed E-state index contributed by atoms with van der Waals surface area (Å²) < 4.78 is 1.96. The van der Waals surface area contributed by atoms with Crippen molar-refractivity contribution in [3.05, 3.63) is 59.4 Å². The highest BCUT2D eigenvalue weighted by Crippen LogP contribution is 2.15. The van der Waals surface area contributed by atoms with Crippen LogP contribution < -0.4 is 0 Å². The van der Waals surface area contributed by atoms with Crippen molar-refractivity contribution in [1.82, 2.24) is 4.57 Å². The highest BCUT2D eigenvalue weighted by Gasteiger charge is 2.02. The number of carbonyl (C=O) groups excluding carboxylic acids is 1. The van der Waals surface area contributed by atoms with Gasteiger partial charge in [0.05, 0.1) is 5.69 Å². The molecule has 0 fully saturated rings. The first-order valence-electron chi connectivity index (χ1n) is 5.90. The standard InChI is InChI=1S/C15H17NO/c1-12(2)14-7-5-13(6-8-14)10-16-9-3-4-15(16)11-17/h3-9,11-12H,10H2,1-2H3. The summed E-state index contributed by atoms with van der Waals surface area (Å²) in [7, 11) is 0. The number of nitrogens with zero attached hydrogens (tertiary/aromatic N) is 1. The Morgan fingerprint density at radius 1 is 1.18 bits per heavy atom. The van der Waals surface area contributed by atoms with Gasteiger partial charge in [-0.3, -0.25) is 4.79 Å². The van der Waals surface area contributed by atoms with Crippen LogP contribution >= 0.6 is 0 Å². The van der Waals surface area contributed by atoms with E-state index >= 15 is 0 Å². The quantitative estimate of drug-likeness (QED) is 0.733. The Morgan fingerprint density at radius 3 is 2.47 bits per heavy atom. The van der Waals surface area contributed by atoms with Crippen LogP contribution in [0.4, 0.5) is 0 Å². The summed E-state index contributed by atoms with van der Waals surface area (Å²) in [6.07, 6.45) is 2.82. The molecule has 17 heavy (non-hydrogen) atoms. The maximum absolute atomic E-state index is 10.8. The molecule has 0 aliphatic heterocycles. The van der Waals surface area contributed by atoms with Gasteiger partial charge in [0.25, 0.3) is 0 Å². The van der Waals surface area contributed by atoms with Crippen molar-refractivity contribution in [3.63, 3.8) is 0 Å². The molecule has 1 aromatic carbocycles. The normalized spacial score (nSPS) is 10.8. The molecule has 0 N–H and O–H groups in total. The van der Waals surface area contributed by atoms with Crippen molar-refractivity contribution in [2.75, 3.05) is 0 Å². The fourth-order valence-corrected chi connectivity index (χ4v) is 1.88. The van der Waals surface area contributed by atoms with Crippen LogP contribution in [0, 0.1) is 0 Å². The molecular formula is C15H17NO. The summed E-state index contributed by atoms with van der Waals surface area (Å²) in [5.41, 5.74) is 3.28. The Labute approximate surface area is 102 Å². The molecule has 0 aliphatic rings. The third-order valence-electron chi connectivity index (χ3n) is 2.98. The van der Waals surface area contributed by atoms with E-state index in [4.69, 9.17) is 0 Å². The predicted molar refractivity (Wildman–Crippen MR) is 69.5 cm³/mol. The third-order valence-corrected chi connectivity index (χ3v) is 2.98. The van der Waals surface area contributed by atoms with Gasteiger partial charge in [0.15, 0.2) is 6.29 Å². The predicted octanol–water partition coefficient (Wildman–Crippen LogP) is 3.47. The molecule has 88 valence electrons. The molecular weight excluding hydrogens is 210 g/mol. The Bertz CT molecular complexity index is 494. The lowest BCUT2D eigenvalue weighted by atomic mass is 10.0. The highest BCUT2D eigenvalue weighted by molar-refractivity contribution is 5.72. The Morgan fingerprint density at radius 2 is 1.88 bits per heavy atom. The molecule has 0 saturated heterocycles. The van der Waals surface area contributed by atoms with Crippen molar-refractivity contribution >= 4 is 6.29 Å². The van der Waals surface area contributed by atoms with Gasteiger partial charge in [0.1, 0.15) is 0 Å². The maximum atomic E-state index is 10.8. The van der Waals surface area contributed by atoms with Gasteiger partial charge >= 0.3 is 0 Å². The molecule has 0 amide bonds. The van der Waals surface area contributed by atoms with Gasteiger partial charge in [0, 0.05) is 12.7 Å². The lowest BCUT2D eigenvalue weighted by molar-refractivity contribution is 0.111. The van der Waals surface area contributed by atoms with E-state index in [0.717, 1.165) is 18.5 Å². The summed E-state index contributed by atoms with van der Waals surface area (Å²) in [6, 6.07) is 12.3. The number of benzene rings is 1. The van der Waals surface area contributed by atoms with Crippen LogP contribution in [0.3, 0.4) is 0 Å². The van der Waals surface area contributed by atoms with Crippen LogP contribution in [0.25, 0.3) is 0 Å². The van der Waals surface area contributed by atoms with Gasteiger partial charge in [-0.2, -0.15) is 0 Å². The molecule has 0 aliphatic carbocycles. The van der Waals surface area contributed by atoms with Crippen molar-refractivity contribution < 1.29 is 4.79 Å². The molecule has 2 aromatic rings. The molecule has 0 radical (unpaired) electrons. The van der Waals surface area contributed by atoms with Crippen molar-refractivity contribution in [3.8, 4) is 0 Å². The van der Waals surface area contributed by atoms with Crippen LogP contribution in [0.1, 0.15) is 41.4 Å². The molecule has 2 heteroatoms. The lowest BCUT2D eigenvalue weighted by Crippen LogP contribution is -2.02. The van der Waals surface area contributed by atoms with Gasteiger partial charge in [-0.25, -0.2) is 0 Å². The third kappa shape index (κ3) is 2.64. The van der Waals surface area contributed by atoms with E-state index in [-0.39, 0.29) is 0 Å².